The first kappa shape index (κ1) is 15.3. The molecule has 106 valence electrons. The van der Waals surface area contributed by atoms with E-state index in [0.29, 0.717) is 0 Å². The molecule has 1 aromatic carbocycles. The van der Waals surface area contributed by atoms with Gasteiger partial charge in [0.05, 0.1) is 27.9 Å². The fourth-order valence-electron chi connectivity index (χ4n) is 1.46. The van der Waals surface area contributed by atoms with E-state index in [0.717, 1.165) is 12.1 Å². The number of sulfone groups is 1. The summed E-state index contributed by atoms with van der Waals surface area (Å²) in [5.74, 6) is -0.553. The molecule has 0 amide bonds. The van der Waals surface area contributed by atoms with Crippen molar-refractivity contribution < 1.29 is 23.6 Å². The highest BCUT2D eigenvalue weighted by Gasteiger charge is 2.22. The van der Waals surface area contributed by atoms with Gasteiger partial charge in [0.25, 0.3) is 5.69 Å². The second-order valence-corrected chi connectivity index (χ2v) is 5.88. The summed E-state index contributed by atoms with van der Waals surface area (Å²) in [6.07, 6.45) is -1.02. The zero-order valence-corrected chi connectivity index (χ0v) is 10.9. The fraction of sp³-hybridized carbons (Fsp3) is 0.400. The lowest BCUT2D eigenvalue weighted by atomic mass is 10.3. The molecule has 0 radical (unpaired) electrons. The molecule has 0 aliphatic rings. The molecule has 0 aromatic heterocycles. The number of non-ortho nitro benzene ring substituents is 1. The third kappa shape index (κ3) is 3.88. The predicted molar refractivity (Wildman–Crippen MR) is 67.5 cm³/mol. The highest BCUT2D eigenvalue weighted by atomic mass is 32.2. The number of aliphatic hydroxyl groups is 2. The molecule has 1 atom stereocenters. The molecule has 0 saturated carbocycles. The largest absolute Gasteiger partial charge is 0.395 e. The van der Waals surface area contributed by atoms with Gasteiger partial charge in [0.1, 0.15) is 6.23 Å². The molecule has 0 heterocycles. The summed E-state index contributed by atoms with van der Waals surface area (Å²) >= 11 is 0. The molecule has 1 unspecified atom stereocenters. The second-order valence-electron chi connectivity index (χ2n) is 3.80. The third-order valence-corrected chi connectivity index (χ3v) is 3.96. The summed E-state index contributed by atoms with van der Waals surface area (Å²) in [7, 11) is -3.87. The minimum absolute atomic E-state index is 0.0500. The quantitative estimate of drug-likeness (QED) is 0.385. The molecular formula is C10H14N2O6S. The van der Waals surface area contributed by atoms with E-state index in [9.17, 15) is 23.6 Å². The van der Waals surface area contributed by atoms with Crippen LogP contribution in [-0.4, -0.2) is 42.1 Å². The summed E-state index contributed by atoms with van der Waals surface area (Å²) in [6, 6.07) is 3.23. The number of benzene rings is 1. The number of nitrogens with one attached hydrogen (secondary N) is 1. The van der Waals surface area contributed by atoms with Gasteiger partial charge in [0, 0.05) is 12.1 Å². The van der Waals surface area contributed by atoms with Crippen LogP contribution in [0.15, 0.2) is 23.1 Å². The van der Waals surface area contributed by atoms with Crippen molar-refractivity contribution in [1.82, 2.24) is 0 Å². The monoisotopic (exact) mass is 290 g/mol. The molecular weight excluding hydrogens is 276 g/mol. The van der Waals surface area contributed by atoms with Crippen LogP contribution in [0.4, 0.5) is 11.4 Å². The van der Waals surface area contributed by atoms with Gasteiger partial charge < -0.3 is 15.5 Å². The Kier molecular flexibility index (Phi) is 4.81. The first-order valence-corrected chi connectivity index (χ1v) is 7.00. The Morgan fingerprint density at radius 2 is 2.11 bits per heavy atom. The lowest BCUT2D eigenvalue weighted by molar-refractivity contribution is -0.385. The first-order chi connectivity index (χ1) is 8.77. The van der Waals surface area contributed by atoms with Gasteiger partial charge in [0.15, 0.2) is 9.84 Å². The van der Waals surface area contributed by atoms with Crippen LogP contribution in [-0.2, 0) is 9.84 Å². The first-order valence-electron chi connectivity index (χ1n) is 5.34. The molecule has 9 heteroatoms. The van der Waals surface area contributed by atoms with Crippen molar-refractivity contribution in [3.63, 3.8) is 0 Å². The lowest BCUT2D eigenvalue weighted by Crippen LogP contribution is -2.18. The average Bonchev–Trinajstić information content (AvgIpc) is 2.28. The van der Waals surface area contributed by atoms with Crippen LogP contribution in [0.1, 0.15) is 6.92 Å². The van der Waals surface area contributed by atoms with Crippen LogP contribution in [0.3, 0.4) is 0 Å². The molecule has 1 aromatic rings. The number of rotatable bonds is 6. The Hall–Kier alpha value is -1.71. The highest BCUT2D eigenvalue weighted by molar-refractivity contribution is 7.91. The zero-order valence-electron chi connectivity index (χ0n) is 10.1. The van der Waals surface area contributed by atoms with E-state index in [-0.39, 0.29) is 16.3 Å². The number of nitrogens with zero attached hydrogens (tertiary/aromatic N) is 1. The minimum atomic E-state index is -3.87. The predicted octanol–water partition coefficient (Wildman–Crippen LogP) is 0.111. The van der Waals surface area contributed by atoms with Gasteiger partial charge in [-0.1, -0.05) is 0 Å². The van der Waals surface area contributed by atoms with E-state index in [2.05, 4.69) is 5.32 Å². The molecule has 0 aliphatic heterocycles. The molecule has 0 saturated heterocycles. The molecule has 0 fully saturated rings. The van der Waals surface area contributed by atoms with Crippen LogP contribution in [0.25, 0.3) is 0 Å². The Balaban J connectivity index is 3.37. The van der Waals surface area contributed by atoms with Crippen molar-refractivity contribution in [3.8, 4) is 0 Å². The van der Waals surface area contributed by atoms with E-state index < -0.39 is 33.3 Å². The maximum Gasteiger partial charge on any atom is 0.270 e. The molecule has 3 N–H and O–H groups in total. The third-order valence-electron chi connectivity index (χ3n) is 2.24. The number of nitro benzene ring substituents is 1. The summed E-state index contributed by atoms with van der Waals surface area (Å²) < 4.78 is 23.8. The lowest BCUT2D eigenvalue weighted by Gasteiger charge is -2.13. The van der Waals surface area contributed by atoms with E-state index in [1.165, 1.54) is 13.0 Å². The summed E-state index contributed by atoms with van der Waals surface area (Å²) in [6.45, 7) is 0.781. The number of hydrogen-bond acceptors (Lipinski definition) is 7. The van der Waals surface area contributed by atoms with E-state index >= 15 is 0 Å². The van der Waals surface area contributed by atoms with Crippen molar-refractivity contribution in [2.24, 2.45) is 0 Å². The smallest absolute Gasteiger partial charge is 0.270 e. The van der Waals surface area contributed by atoms with E-state index in [4.69, 9.17) is 5.11 Å². The van der Waals surface area contributed by atoms with Crippen molar-refractivity contribution >= 4 is 21.2 Å². The van der Waals surface area contributed by atoms with Crippen LogP contribution in [0.2, 0.25) is 0 Å². The fourth-order valence-corrected chi connectivity index (χ4v) is 2.68. The number of hydrogen-bond donors (Lipinski definition) is 3. The van der Waals surface area contributed by atoms with Crippen LogP contribution in [0.5, 0.6) is 0 Å². The number of nitro groups is 1. The standard InChI is InChI=1S/C10H14N2O6S/c1-7(14)11-9-3-2-8(12(15)16)6-10(9)19(17,18)5-4-13/h2-3,6-7,11,13-14H,4-5H2,1H3. The summed E-state index contributed by atoms with van der Waals surface area (Å²) in [4.78, 5) is 9.62. The Bertz CT molecular complexity index is 569. The van der Waals surface area contributed by atoms with Crippen molar-refractivity contribution in [3.05, 3.63) is 28.3 Å². The maximum absolute atomic E-state index is 11.9. The molecule has 0 spiro atoms. The Morgan fingerprint density at radius 3 is 2.58 bits per heavy atom. The van der Waals surface area contributed by atoms with Crippen molar-refractivity contribution in [1.29, 1.82) is 0 Å². The number of anilines is 1. The van der Waals surface area contributed by atoms with Crippen molar-refractivity contribution in [2.45, 2.75) is 18.0 Å². The molecule has 19 heavy (non-hydrogen) atoms. The van der Waals surface area contributed by atoms with Gasteiger partial charge in [-0.05, 0) is 13.0 Å². The summed E-state index contributed by atoms with van der Waals surface area (Å²) in [5.41, 5.74) is -0.332. The van der Waals surface area contributed by atoms with Crippen LogP contribution >= 0.6 is 0 Å². The van der Waals surface area contributed by atoms with E-state index in [1.807, 2.05) is 0 Å². The van der Waals surface area contributed by atoms with Crippen LogP contribution < -0.4 is 5.32 Å². The molecule has 8 nitrogen and oxygen atoms in total. The van der Waals surface area contributed by atoms with Gasteiger partial charge in [0.2, 0.25) is 0 Å². The average molecular weight is 290 g/mol. The number of aliphatic hydroxyl groups excluding tert-OH is 2. The SMILES string of the molecule is CC(O)Nc1ccc([N+](=O)[O-])cc1S(=O)(=O)CCO. The van der Waals surface area contributed by atoms with Crippen molar-refractivity contribution in [2.75, 3.05) is 17.7 Å². The highest BCUT2D eigenvalue weighted by Crippen LogP contribution is 2.27. The second kappa shape index (κ2) is 5.95. The maximum atomic E-state index is 11.9. The normalized spacial score (nSPS) is 13.0. The minimum Gasteiger partial charge on any atom is -0.395 e. The Morgan fingerprint density at radius 1 is 1.47 bits per heavy atom. The summed E-state index contributed by atoms with van der Waals surface area (Å²) in [5, 5.41) is 31.1. The van der Waals surface area contributed by atoms with Gasteiger partial charge in [-0.3, -0.25) is 10.1 Å². The van der Waals surface area contributed by atoms with Gasteiger partial charge in [-0.25, -0.2) is 8.42 Å². The molecule has 0 bridgehead atoms. The molecule has 1 rings (SSSR count). The van der Waals surface area contributed by atoms with Gasteiger partial charge in [-0.2, -0.15) is 0 Å². The topological polar surface area (TPSA) is 130 Å². The molecule has 0 aliphatic carbocycles. The zero-order chi connectivity index (χ0) is 14.6. The Labute approximate surface area is 109 Å². The van der Waals surface area contributed by atoms with Gasteiger partial charge >= 0.3 is 0 Å². The van der Waals surface area contributed by atoms with E-state index in [1.54, 1.807) is 0 Å². The van der Waals surface area contributed by atoms with Crippen LogP contribution in [0, 0.1) is 10.1 Å². The van der Waals surface area contributed by atoms with Gasteiger partial charge in [-0.15, -0.1) is 0 Å².